The van der Waals surface area contributed by atoms with Gasteiger partial charge in [-0.3, -0.25) is 0 Å². The molecule has 1 atom stereocenters. The molecule has 1 aromatic rings. The van der Waals surface area contributed by atoms with Gasteiger partial charge in [-0.2, -0.15) is 0 Å². The van der Waals surface area contributed by atoms with Crippen LogP contribution in [0, 0.1) is 6.92 Å². The van der Waals surface area contributed by atoms with Gasteiger partial charge < -0.3 is 9.41 Å². The van der Waals surface area contributed by atoms with E-state index < -0.39 is 0 Å². The maximum Gasteiger partial charge on any atom is 0.169 e. The number of hydrogen-bond acceptors (Lipinski definition) is 3. The van der Waals surface area contributed by atoms with E-state index in [1.54, 1.807) is 12.1 Å². The Bertz CT molecular complexity index is 227. The Balaban J connectivity index is 3.02. The zero-order valence-electron chi connectivity index (χ0n) is 6.07. The highest BCUT2D eigenvalue weighted by molar-refractivity contribution is 7.10. The lowest BCUT2D eigenvalue weighted by molar-refractivity contribution is -0.137. The zero-order valence-corrected chi connectivity index (χ0v) is 7.23. The molecule has 0 aliphatic rings. The van der Waals surface area contributed by atoms with Crippen molar-refractivity contribution in [3.63, 3.8) is 0 Å². The predicted octanol–water partition coefficient (Wildman–Crippen LogP) is 2.02. The van der Waals surface area contributed by atoms with Crippen LogP contribution in [0.1, 0.15) is 5.56 Å². The Hall–Kier alpha value is -0.790. The van der Waals surface area contributed by atoms with E-state index in [0.29, 0.717) is 11.5 Å². The maximum absolute atomic E-state index is 8.32. The molecule has 0 aromatic heterocycles. The minimum absolute atomic E-state index is 0.377. The molecule has 1 N–H and O–H groups in total. The van der Waals surface area contributed by atoms with Gasteiger partial charge >= 0.3 is 0 Å². The number of aryl methyl sites for hydroxylation is 1. The van der Waals surface area contributed by atoms with Crippen LogP contribution in [0.3, 0.4) is 0 Å². The molecule has 60 valence electrons. The molecule has 4 heteroatoms. The van der Waals surface area contributed by atoms with Crippen LogP contribution in [0.15, 0.2) is 18.2 Å². The van der Waals surface area contributed by atoms with Crippen LogP contribution < -0.4 is 9.41 Å². The Labute approximate surface area is 67.2 Å². The molecule has 3 nitrogen and oxygen atoms in total. The van der Waals surface area contributed by atoms with Gasteiger partial charge in [0.05, 0.1) is 9.47 Å². The van der Waals surface area contributed by atoms with E-state index >= 15 is 0 Å². The van der Waals surface area contributed by atoms with E-state index in [1.165, 1.54) is 0 Å². The second-order valence-electron chi connectivity index (χ2n) is 2.19. The highest BCUT2D eigenvalue weighted by Gasteiger charge is 1.98. The molecule has 1 rings (SSSR count). The minimum Gasteiger partial charge on any atom is -0.480 e. The molecule has 0 fully saturated rings. The zero-order chi connectivity index (χ0) is 8.27. The van der Waals surface area contributed by atoms with Crippen molar-refractivity contribution in [2.75, 3.05) is 0 Å². The van der Waals surface area contributed by atoms with Crippen LogP contribution in [-0.4, -0.2) is 5.26 Å². The van der Waals surface area contributed by atoms with Gasteiger partial charge in [0.1, 0.15) is 5.75 Å². The Morgan fingerprint density at radius 3 is 2.45 bits per heavy atom. The highest BCUT2D eigenvalue weighted by Crippen LogP contribution is 2.22. The number of hydrogen-bond donors (Lipinski definition) is 1. The molecule has 1 unspecified atom stereocenters. The van der Waals surface area contributed by atoms with Crippen molar-refractivity contribution >= 4 is 9.47 Å². The molecular weight excluding hydrogens is 163 g/mol. The number of benzene rings is 1. The van der Waals surface area contributed by atoms with E-state index in [4.69, 9.17) is 9.78 Å². The average Bonchev–Trinajstić information content (AvgIpc) is 2.03. The summed E-state index contributed by atoms with van der Waals surface area (Å²) in [5.41, 5.74) is 0.967. The summed E-state index contributed by atoms with van der Waals surface area (Å²) in [5, 5.41) is 8.32. The highest BCUT2D eigenvalue weighted by atomic mass is 31.0. The van der Waals surface area contributed by atoms with Gasteiger partial charge in [0, 0.05) is 6.07 Å². The molecule has 0 spiro atoms. The van der Waals surface area contributed by atoms with Crippen molar-refractivity contribution in [2.45, 2.75) is 6.92 Å². The number of rotatable bonds is 2. The van der Waals surface area contributed by atoms with Crippen molar-refractivity contribution in [1.29, 1.82) is 0 Å². The van der Waals surface area contributed by atoms with Gasteiger partial charge in [0.15, 0.2) is 5.75 Å². The van der Waals surface area contributed by atoms with Crippen molar-refractivity contribution in [3.8, 4) is 11.5 Å². The first kappa shape index (κ1) is 8.31. The standard InChI is InChI=1S/C7H9O3P/c1-5-2-6(9-8)4-7(3-5)10-11/h2-4,8H,11H2,1H3. The third kappa shape index (κ3) is 2.07. The van der Waals surface area contributed by atoms with Crippen molar-refractivity contribution in [2.24, 2.45) is 0 Å². The van der Waals surface area contributed by atoms with E-state index in [2.05, 4.69) is 14.4 Å². The Morgan fingerprint density at radius 1 is 1.27 bits per heavy atom. The van der Waals surface area contributed by atoms with E-state index in [9.17, 15) is 0 Å². The average molecular weight is 172 g/mol. The SMILES string of the molecule is Cc1cc(OO)cc(OP)c1. The smallest absolute Gasteiger partial charge is 0.169 e. The Morgan fingerprint density at radius 2 is 1.91 bits per heavy atom. The Kier molecular flexibility index (Phi) is 2.69. The summed E-state index contributed by atoms with van der Waals surface area (Å²) in [4.78, 5) is 4.05. The van der Waals surface area contributed by atoms with Crippen molar-refractivity contribution in [1.82, 2.24) is 0 Å². The van der Waals surface area contributed by atoms with Crippen LogP contribution in [0.5, 0.6) is 11.5 Å². The van der Waals surface area contributed by atoms with E-state index in [1.807, 2.05) is 13.0 Å². The topological polar surface area (TPSA) is 38.7 Å². The van der Waals surface area contributed by atoms with E-state index in [-0.39, 0.29) is 0 Å². The maximum atomic E-state index is 8.32. The molecule has 0 amide bonds. The summed E-state index contributed by atoms with van der Waals surface area (Å²) in [5.74, 6) is 1.02. The summed E-state index contributed by atoms with van der Waals surface area (Å²) in [6.45, 7) is 1.88. The lowest BCUT2D eigenvalue weighted by Gasteiger charge is -2.02. The molecule has 0 radical (unpaired) electrons. The molecule has 0 saturated heterocycles. The van der Waals surface area contributed by atoms with Crippen LogP contribution in [0.2, 0.25) is 0 Å². The lowest BCUT2D eigenvalue weighted by Crippen LogP contribution is -1.85. The first-order valence-corrected chi connectivity index (χ1v) is 3.53. The third-order valence-corrected chi connectivity index (χ3v) is 1.54. The van der Waals surface area contributed by atoms with E-state index in [0.717, 1.165) is 5.56 Å². The minimum atomic E-state index is 0.377. The van der Waals surface area contributed by atoms with Gasteiger partial charge in [0.2, 0.25) is 0 Å². The van der Waals surface area contributed by atoms with Gasteiger partial charge in [-0.25, -0.2) is 5.26 Å². The van der Waals surface area contributed by atoms with Gasteiger partial charge in [-0.05, 0) is 24.6 Å². The second kappa shape index (κ2) is 3.56. The van der Waals surface area contributed by atoms with Gasteiger partial charge in [-0.15, -0.1) is 0 Å². The lowest BCUT2D eigenvalue weighted by atomic mass is 10.2. The monoisotopic (exact) mass is 172 g/mol. The largest absolute Gasteiger partial charge is 0.480 e. The van der Waals surface area contributed by atoms with Crippen molar-refractivity contribution < 1.29 is 14.7 Å². The van der Waals surface area contributed by atoms with Crippen LogP contribution in [0.25, 0.3) is 0 Å². The quantitative estimate of drug-likeness (QED) is 0.421. The molecule has 0 aliphatic heterocycles. The molecule has 11 heavy (non-hydrogen) atoms. The van der Waals surface area contributed by atoms with Gasteiger partial charge in [0.25, 0.3) is 0 Å². The van der Waals surface area contributed by atoms with Crippen molar-refractivity contribution in [3.05, 3.63) is 23.8 Å². The summed E-state index contributed by atoms with van der Waals surface area (Å²) < 4.78 is 4.86. The second-order valence-corrected chi connectivity index (χ2v) is 2.43. The summed E-state index contributed by atoms with van der Waals surface area (Å²) in [6.07, 6.45) is 0. The first-order valence-electron chi connectivity index (χ1n) is 3.06. The molecule has 0 saturated carbocycles. The van der Waals surface area contributed by atoms with Crippen LogP contribution >= 0.6 is 9.47 Å². The summed E-state index contributed by atoms with van der Waals surface area (Å²) >= 11 is 0. The van der Waals surface area contributed by atoms with Gasteiger partial charge in [-0.1, -0.05) is 0 Å². The molecule has 0 bridgehead atoms. The molecule has 1 aromatic carbocycles. The fourth-order valence-electron chi connectivity index (χ4n) is 0.835. The fraction of sp³-hybridized carbons (Fsp3) is 0.143. The first-order chi connectivity index (χ1) is 5.26. The third-order valence-electron chi connectivity index (χ3n) is 1.27. The predicted molar refractivity (Wildman–Crippen MR) is 44.8 cm³/mol. The van der Waals surface area contributed by atoms with Crippen LogP contribution in [0.4, 0.5) is 0 Å². The normalized spacial score (nSPS) is 9.36. The summed E-state index contributed by atoms with van der Waals surface area (Å²) in [6, 6.07) is 5.11. The van der Waals surface area contributed by atoms with Crippen LogP contribution in [-0.2, 0) is 0 Å². The molecule has 0 aliphatic carbocycles. The summed E-state index contributed by atoms with van der Waals surface area (Å²) in [7, 11) is 2.12. The molecular formula is C7H9O3P. The fourth-order valence-corrected chi connectivity index (χ4v) is 0.971. The molecule has 0 heterocycles.